The fraction of sp³-hybridized carbons (Fsp3) is 0.100. The van der Waals surface area contributed by atoms with Crippen molar-refractivity contribution in [1.29, 1.82) is 0 Å². The van der Waals surface area contributed by atoms with Crippen molar-refractivity contribution in [2.45, 2.75) is 0 Å². The Morgan fingerprint density at radius 2 is 2.07 bits per heavy atom. The maximum Gasteiger partial charge on any atom is 0.330 e. The van der Waals surface area contributed by atoms with Gasteiger partial charge in [-0.05, 0) is 17.7 Å². The molecule has 0 saturated heterocycles. The van der Waals surface area contributed by atoms with Gasteiger partial charge in [0.05, 0.1) is 17.2 Å². The molecule has 5 heteroatoms. The number of ether oxygens (including phenoxy) is 1. The minimum atomic E-state index is -0.490. The normalized spacial score (nSPS) is 10.6. The second-order valence-electron chi connectivity index (χ2n) is 2.68. The highest BCUT2D eigenvalue weighted by atomic mass is 35.5. The summed E-state index contributed by atoms with van der Waals surface area (Å²) in [6, 6.07) is 2.76. The fourth-order valence-electron chi connectivity index (χ4n) is 0.905. The van der Waals surface area contributed by atoms with Gasteiger partial charge in [-0.1, -0.05) is 23.2 Å². The Hall–Kier alpha value is -1.19. The van der Waals surface area contributed by atoms with Crippen molar-refractivity contribution in [3.63, 3.8) is 0 Å². The number of esters is 1. The number of benzene rings is 1. The molecule has 0 heterocycles. The molecular weight excluding hydrogens is 239 g/mol. The standard InChI is InChI=1S/C10H8Cl2O3/c1-15-10(14)3-2-6-4-8(12)9(13)5-7(6)11/h2-5,13H,1H3/b3-2+. The first-order valence-corrected chi connectivity index (χ1v) is 4.74. The summed E-state index contributed by atoms with van der Waals surface area (Å²) in [4.78, 5) is 10.8. The first-order chi connectivity index (χ1) is 7.04. The van der Waals surface area contributed by atoms with Crippen molar-refractivity contribution in [3.05, 3.63) is 33.8 Å². The van der Waals surface area contributed by atoms with Gasteiger partial charge in [0, 0.05) is 12.1 Å². The molecule has 0 amide bonds. The molecule has 0 aliphatic heterocycles. The van der Waals surface area contributed by atoms with Gasteiger partial charge in [-0.15, -0.1) is 0 Å². The molecule has 0 saturated carbocycles. The minimum absolute atomic E-state index is 0.100. The number of phenols is 1. The molecular formula is C10H8Cl2O3. The van der Waals surface area contributed by atoms with Gasteiger partial charge < -0.3 is 9.84 Å². The Morgan fingerprint density at radius 1 is 1.40 bits per heavy atom. The monoisotopic (exact) mass is 246 g/mol. The van der Waals surface area contributed by atoms with E-state index in [0.29, 0.717) is 10.6 Å². The summed E-state index contributed by atoms with van der Waals surface area (Å²) in [5, 5.41) is 9.69. The van der Waals surface area contributed by atoms with E-state index < -0.39 is 5.97 Å². The highest BCUT2D eigenvalue weighted by molar-refractivity contribution is 6.35. The lowest BCUT2D eigenvalue weighted by Gasteiger charge is -2.01. The van der Waals surface area contributed by atoms with E-state index in [1.165, 1.54) is 31.4 Å². The number of hydrogen-bond acceptors (Lipinski definition) is 3. The molecule has 1 aromatic rings. The lowest BCUT2D eigenvalue weighted by Crippen LogP contribution is -1.93. The van der Waals surface area contributed by atoms with Crippen molar-refractivity contribution >= 4 is 35.2 Å². The Morgan fingerprint density at radius 3 is 2.67 bits per heavy atom. The second kappa shape index (κ2) is 5.05. The number of rotatable bonds is 2. The largest absolute Gasteiger partial charge is 0.506 e. The highest BCUT2D eigenvalue weighted by Gasteiger charge is 2.04. The number of carbonyl (C=O) groups excluding carboxylic acids is 1. The number of hydrogen-bond donors (Lipinski definition) is 1. The molecule has 0 radical (unpaired) electrons. The molecule has 0 aliphatic carbocycles. The summed E-state index contributed by atoms with van der Waals surface area (Å²) in [6.07, 6.45) is 2.67. The van der Waals surface area contributed by atoms with Crippen molar-refractivity contribution in [2.75, 3.05) is 7.11 Å². The third-order valence-corrected chi connectivity index (χ3v) is 2.30. The van der Waals surface area contributed by atoms with Gasteiger partial charge in [0.2, 0.25) is 0 Å². The lowest BCUT2D eigenvalue weighted by molar-refractivity contribution is -0.134. The number of carbonyl (C=O) groups is 1. The van der Waals surface area contributed by atoms with E-state index in [-0.39, 0.29) is 10.8 Å². The fourth-order valence-corrected chi connectivity index (χ4v) is 1.30. The molecule has 0 unspecified atom stereocenters. The van der Waals surface area contributed by atoms with Crippen molar-refractivity contribution in [1.82, 2.24) is 0 Å². The van der Waals surface area contributed by atoms with Crippen LogP contribution in [0.3, 0.4) is 0 Å². The van der Waals surface area contributed by atoms with Crippen LogP contribution in [0.25, 0.3) is 6.08 Å². The van der Waals surface area contributed by atoms with Crippen LogP contribution in [0.5, 0.6) is 5.75 Å². The van der Waals surface area contributed by atoms with Crippen LogP contribution in [0, 0.1) is 0 Å². The molecule has 0 aromatic heterocycles. The molecule has 15 heavy (non-hydrogen) atoms. The lowest BCUT2D eigenvalue weighted by atomic mass is 10.2. The smallest absolute Gasteiger partial charge is 0.330 e. The third-order valence-electron chi connectivity index (χ3n) is 1.67. The Balaban J connectivity index is 3.00. The van der Waals surface area contributed by atoms with Crippen LogP contribution in [0.2, 0.25) is 10.0 Å². The number of halogens is 2. The van der Waals surface area contributed by atoms with Crippen LogP contribution in [0.15, 0.2) is 18.2 Å². The Labute approximate surface area is 96.9 Å². The van der Waals surface area contributed by atoms with Crippen molar-refractivity contribution < 1.29 is 14.6 Å². The zero-order valence-electron chi connectivity index (χ0n) is 7.83. The van der Waals surface area contributed by atoms with E-state index in [2.05, 4.69) is 4.74 Å². The van der Waals surface area contributed by atoms with Crippen molar-refractivity contribution in [2.24, 2.45) is 0 Å². The molecule has 80 valence electrons. The summed E-state index contributed by atoms with van der Waals surface area (Å²) < 4.78 is 4.41. The number of phenolic OH excluding ortho intramolecular Hbond substituents is 1. The van der Waals surface area contributed by atoms with Gasteiger partial charge in [-0.2, -0.15) is 0 Å². The topological polar surface area (TPSA) is 46.5 Å². The predicted molar refractivity (Wildman–Crippen MR) is 59.2 cm³/mol. The zero-order chi connectivity index (χ0) is 11.4. The Bertz CT molecular complexity index is 413. The van der Waals surface area contributed by atoms with Crippen LogP contribution < -0.4 is 0 Å². The molecule has 0 aliphatic rings. The third kappa shape index (κ3) is 3.15. The van der Waals surface area contributed by atoms with Crippen LogP contribution in [-0.4, -0.2) is 18.2 Å². The maximum absolute atomic E-state index is 10.8. The molecule has 0 fully saturated rings. The van der Waals surface area contributed by atoms with Gasteiger partial charge in [-0.25, -0.2) is 4.79 Å². The van der Waals surface area contributed by atoms with Gasteiger partial charge in [-0.3, -0.25) is 0 Å². The van der Waals surface area contributed by atoms with Crippen LogP contribution in [0.1, 0.15) is 5.56 Å². The summed E-state index contributed by atoms with van der Waals surface area (Å²) in [5.74, 6) is -0.591. The van der Waals surface area contributed by atoms with Crippen LogP contribution in [-0.2, 0) is 9.53 Å². The molecule has 0 atom stereocenters. The van der Waals surface area contributed by atoms with Gasteiger partial charge >= 0.3 is 5.97 Å². The highest BCUT2D eigenvalue weighted by Crippen LogP contribution is 2.30. The molecule has 1 N–H and O–H groups in total. The first kappa shape index (κ1) is 11.9. The number of aromatic hydroxyl groups is 1. The molecule has 1 rings (SSSR count). The average molecular weight is 247 g/mol. The predicted octanol–water partition coefficient (Wildman–Crippen LogP) is 2.89. The van der Waals surface area contributed by atoms with E-state index in [1.807, 2.05) is 0 Å². The van der Waals surface area contributed by atoms with E-state index in [1.54, 1.807) is 0 Å². The van der Waals surface area contributed by atoms with Gasteiger partial charge in [0.15, 0.2) is 0 Å². The maximum atomic E-state index is 10.8. The second-order valence-corrected chi connectivity index (χ2v) is 3.50. The average Bonchev–Trinajstić information content (AvgIpc) is 2.21. The Kier molecular flexibility index (Phi) is 4.00. The summed E-state index contributed by atoms with van der Waals surface area (Å²) in [7, 11) is 1.28. The molecule has 0 spiro atoms. The summed E-state index contributed by atoms with van der Waals surface area (Å²) in [6.45, 7) is 0. The zero-order valence-corrected chi connectivity index (χ0v) is 9.34. The minimum Gasteiger partial charge on any atom is -0.506 e. The molecule has 1 aromatic carbocycles. The quantitative estimate of drug-likeness (QED) is 0.645. The van der Waals surface area contributed by atoms with Crippen LogP contribution >= 0.6 is 23.2 Å². The van der Waals surface area contributed by atoms with Gasteiger partial charge in [0.25, 0.3) is 0 Å². The van der Waals surface area contributed by atoms with E-state index >= 15 is 0 Å². The SMILES string of the molecule is COC(=O)/C=C/c1cc(Cl)c(O)cc1Cl. The van der Waals surface area contributed by atoms with E-state index in [4.69, 9.17) is 23.2 Å². The van der Waals surface area contributed by atoms with E-state index in [9.17, 15) is 9.90 Å². The van der Waals surface area contributed by atoms with Crippen LogP contribution in [0.4, 0.5) is 0 Å². The van der Waals surface area contributed by atoms with E-state index in [0.717, 1.165) is 0 Å². The van der Waals surface area contributed by atoms with Gasteiger partial charge in [0.1, 0.15) is 5.75 Å². The molecule has 0 bridgehead atoms. The summed E-state index contributed by atoms with van der Waals surface area (Å²) in [5.41, 5.74) is 0.532. The number of methoxy groups -OCH3 is 1. The summed E-state index contributed by atoms with van der Waals surface area (Å²) >= 11 is 11.5. The first-order valence-electron chi connectivity index (χ1n) is 3.98. The molecule has 3 nitrogen and oxygen atoms in total. The van der Waals surface area contributed by atoms with Crippen molar-refractivity contribution in [3.8, 4) is 5.75 Å².